The van der Waals surface area contributed by atoms with Gasteiger partial charge in [-0.1, -0.05) is 33.6 Å². The Bertz CT molecular complexity index is 686. The zero-order valence-corrected chi connectivity index (χ0v) is 26.7. The molecule has 14 heteroatoms. The van der Waals surface area contributed by atoms with E-state index in [1.807, 2.05) is 6.92 Å². The number of nitrogens with two attached hydrogens (primary N) is 1. The maximum atomic E-state index is 12.7. The van der Waals surface area contributed by atoms with Gasteiger partial charge in [-0.15, -0.1) is 0 Å². The molecule has 0 heterocycles. The standard InChI is InChI=1S/C29H57N3O11/c1-5-6-7-25(29(35)32-27(24(2)3)28(30)34)31-26(33)8-9-37-12-13-39-16-17-41-20-21-43-23-22-42-19-18-40-15-14-38-11-10-36-4/h24-25,27H,5-23H2,1-4H3,(H2,30,34)(H,31,33)(H,32,35)/t25-,27-/m0/s1. The first-order valence-electron chi connectivity index (χ1n) is 15.3. The van der Waals surface area contributed by atoms with Crippen LogP contribution in [0.25, 0.3) is 0 Å². The zero-order chi connectivity index (χ0) is 32.0. The van der Waals surface area contributed by atoms with Crippen LogP contribution in [0, 0.1) is 5.92 Å². The Kier molecular flexibility index (Phi) is 28.8. The number of carbonyl (C=O) groups excluding carboxylic acids is 3. The van der Waals surface area contributed by atoms with Crippen molar-refractivity contribution in [3.8, 4) is 0 Å². The third-order valence-electron chi connectivity index (χ3n) is 5.91. The average Bonchev–Trinajstić information content (AvgIpc) is 2.97. The van der Waals surface area contributed by atoms with E-state index in [1.165, 1.54) is 0 Å². The first-order chi connectivity index (χ1) is 20.8. The normalized spacial score (nSPS) is 12.8. The fourth-order valence-corrected chi connectivity index (χ4v) is 3.49. The fourth-order valence-electron chi connectivity index (χ4n) is 3.49. The lowest BCUT2D eigenvalue weighted by atomic mass is 10.0. The predicted molar refractivity (Wildman–Crippen MR) is 160 cm³/mol. The van der Waals surface area contributed by atoms with Crippen molar-refractivity contribution in [1.82, 2.24) is 10.6 Å². The highest BCUT2D eigenvalue weighted by Crippen LogP contribution is 2.06. The van der Waals surface area contributed by atoms with E-state index in [0.29, 0.717) is 98.9 Å². The molecule has 0 rings (SSSR count). The summed E-state index contributed by atoms with van der Waals surface area (Å²) in [6, 6.07) is -1.52. The Labute approximate surface area is 257 Å². The molecule has 3 amide bonds. The van der Waals surface area contributed by atoms with Gasteiger partial charge in [-0.25, -0.2) is 0 Å². The highest BCUT2D eigenvalue weighted by Gasteiger charge is 2.27. The molecular formula is C29H57N3O11. The van der Waals surface area contributed by atoms with Crippen molar-refractivity contribution in [2.24, 2.45) is 11.7 Å². The minimum absolute atomic E-state index is 0.104. The molecule has 0 aromatic rings. The molecule has 0 aromatic heterocycles. The van der Waals surface area contributed by atoms with Gasteiger partial charge in [0.1, 0.15) is 12.1 Å². The van der Waals surface area contributed by atoms with Crippen molar-refractivity contribution in [3.05, 3.63) is 0 Å². The van der Waals surface area contributed by atoms with E-state index in [1.54, 1.807) is 21.0 Å². The molecule has 0 aliphatic heterocycles. The van der Waals surface area contributed by atoms with Gasteiger partial charge < -0.3 is 54.3 Å². The lowest BCUT2D eigenvalue weighted by molar-refractivity contribution is -0.132. The number of hydrogen-bond donors (Lipinski definition) is 3. The number of ether oxygens (including phenoxy) is 8. The van der Waals surface area contributed by atoms with Crippen LogP contribution in [0.4, 0.5) is 0 Å². The number of primary amides is 1. The van der Waals surface area contributed by atoms with Crippen LogP contribution in [0.2, 0.25) is 0 Å². The van der Waals surface area contributed by atoms with Crippen molar-refractivity contribution < 1.29 is 52.3 Å². The van der Waals surface area contributed by atoms with Crippen LogP contribution in [-0.2, 0) is 52.3 Å². The molecule has 2 atom stereocenters. The molecule has 254 valence electrons. The van der Waals surface area contributed by atoms with Gasteiger partial charge in [-0.3, -0.25) is 14.4 Å². The topological polar surface area (TPSA) is 175 Å². The van der Waals surface area contributed by atoms with E-state index >= 15 is 0 Å². The molecule has 0 unspecified atom stereocenters. The largest absolute Gasteiger partial charge is 0.382 e. The highest BCUT2D eigenvalue weighted by atomic mass is 16.6. The Morgan fingerprint density at radius 1 is 0.628 bits per heavy atom. The first kappa shape index (κ1) is 41.1. The monoisotopic (exact) mass is 623 g/mol. The molecule has 0 aliphatic carbocycles. The van der Waals surface area contributed by atoms with Gasteiger partial charge in [-0.05, 0) is 12.3 Å². The molecule has 43 heavy (non-hydrogen) atoms. The van der Waals surface area contributed by atoms with Gasteiger partial charge >= 0.3 is 0 Å². The average molecular weight is 624 g/mol. The van der Waals surface area contributed by atoms with Gasteiger partial charge in [0.2, 0.25) is 17.7 Å². The van der Waals surface area contributed by atoms with E-state index < -0.39 is 23.9 Å². The molecule has 0 bridgehead atoms. The number of unbranched alkanes of at least 4 members (excludes halogenated alkanes) is 1. The van der Waals surface area contributed by atoms with Gasteiger partial charge in [-0.2, -0.15) is 0 Å². The molecule has 0 spiro atoms. The van der Waals surface area contributed by atoms with E-state index in [-0.39, 0.29) is 24.9 Å². The third kappa shape index (κ3) is 26.2. The Balaban J connectivity index is 3.65. The lowest BCUT2D eigenvalue weighted by Crippen LogP contribution is -2.54. The minimum atomic E-state index is -0.791. The van der Waals surface area contributed by atoms with Crippen molar-refractivity contribution in [1.29, 1.82) is 0 Å². The molecule has 4 N–H and O–H groups in total. The van der Waals surface area contributed by atoms with Crippen molar-refractivity contribution >= 4 is 17.7 Å². The fraction of sp³-hybridized carbons (Fsp3) is 0.897. The molecule has 0 fully saturated rings. The van der Waals surface area contributed by atoms with Gasteiger partial charge in [0.15, 0.2) is 0 Å². The van der Waals surface area contributed by atoms with Crippen LogP contribution in [0.1, 0.15) is 46.5 Å². The summed E-state index contributed by atoms with van der Waals surface area (Å²) in [5.41, 5.74) is 5.39. The Morgan fingerprint density at radius 3 is 1.37 bits per heavy atom. The Morgan fingerprint density at radius 2 is 1.02 bits per heavy atom. The van der Waals surface area contributed by atoms with Crippen molar-refractivity contribution in [3.63, 3.8) is 0 Å². The summed E-state index contributed by atoms with van der Waals surface area (Å²) < 4.78 is 42.8. The van der Waals surface area contributed by atoms with Crippen LogP contribution in [-0.4, -0.2) is 136 Å². The predicted octanol–water partition coefficient (Wildman–Crippen LogP) is 0.440. The summed E-state index contributed by atoms with van der Waals surface area (Å²) in [6.07, 6.45) is 2.20. The third-order valence-corrected chi connectivity index (χ3v) is 5.91. The number of methoxy groups -OCH3 is 1. The minimum Gasteiger partial charge on any atom is -0.382 e. The highest BCUT2D eigenvalue weighted by molar-refractivity contribution is 5.91. The SMILES string of the molecule is CCCC[C@H](NC(=O)CCOCCOCCOCCOCCOCCOCCOCCOC)C(=O)N[C@H](C(N)=O)C(C)C. The second kappa shape index (κ2) is 30.1. The molecule has 0 saturated heterocycles. The Hall–Kier alpha value is -1.91. The molecular weight excluding hydrogens is 566 g/mol. The van der Waals surface area contributed by atoms with Crippen LogP contribution < -0.4 is 16.4 Å². The summed E-state index contributed by atoms with van der Waals surface area (Å²) >= 11 is 0. The maximum Gasteiger partial charge on any atom is 0.243 e. The molecule has 0 aliphatic rings. The first-order valence-corrected chi connectivity index (χ1v) is 15.3. The second-order valence-corrected chi connectivity index (χ2v) is 9.92. The molecule has 0 saturated carbocycles. The summed E-state index contributed by atoms with van der Waals surface area (Å²) in [7, 11) is 1.63. The van der Waals surface area contributed by atoms with E-state index in [4.69, 9.17) is 43.6 Å². The number of amides is 3. The zero-order valence-electron chi connectivity index (χ0n) is 26.7. The van der Waals surface area contributed by atoms with Gasteiger partial charge in [0, 0.05) is 13.5 Å². The van der Waals surface area contributed by atoms with Crippen molar-refractivity contribution in [2.45, 2.75) is 58.5 Å². The number of nitrogens with one attached hydrogen (secondary N) is 2. The molecule has 0 radical (unpaired) electrons. The number of rotatable bonds is 32. The quantitative estimate of drug-likeness (QED) is 0.0887. The van der Waals surface area contributed by atoms with E-state index in [9.17, 15) is 14.4 Å². The van der Waals surface area contributed by atoms with Crippen LogP contribution in [0.3, 0.4) is 0 Å². The number of carbonyl (C=O) groups is 3. The smallest absolute Gasteiger partial charge is 0.243 e. The second-order valence-electron chi connectivity index (χ2n) is 9.92. The van der Waals surface area contributed by atoms with Gasteiger partial charge in [0.25, 0.3) is 0 Å². The molecule has 14 nitrogen and oxygen atoms in total. The lowest BCUT2D eigenvalue weighted by Gasteiger charge is -2.24. The summed E-state index contributed by atoms with van der Waals surface area (Å²) in [5, 5.41) is 5.40. The van der Waals surface area contributed by atoms with Crippen LogP contribution >= 0.6 is 0 Å². The summed E-state index contributed by atoms with van der Waals surface area (Å²) in [5.74, 6) is -1.47. The van der Waals surface area contributed by atoms with E-state index in [0.717, 1.165) is 12.8 Å². The summed E-state index contributed by atoms with van der Waals surface area (Å²) in [6.45, 7) is 12.5. The van der Waals surface area contributed by atoms with Crippen LogP contribution in [0.5, 0.6) is 0 Å². The number of hydrogen-bond acceptors (Lipinski definition) is 11. The van der Waals surface area contributed by atoms with E-state index in [2.05, 4.69) is 10.6 Å². The molecule has 0 aromatic carbocycles. The van der Waals surface area contributed by atoms with Gasteiger partial charge in [0.05, 0.1) is 99.1 Å². The maximum absolute atomic E-state index is 12.7. The van der Waals surface area contributed by atoms with Crippen LogP contribution in [0.15, 0.2) is 0 Å². The summed E-state index contributed by atoms with van der Waals surface area (Å²) in [4.78, 5) is 36.6. The van der Waals surface area contributed by atoms with Crippen molar-refractivity contribution in [2.75, 3.05) is 106 Å².